The summed E-state index contributed by atoms with van der Waals surface area (Å²) in [5.41, 5.74) is 7.08. The Morgan fingerprint density at radius 1 is 1.14 bits per heavy atom. The predicted molar refractivity (Wildman–Crippen MR) is 87.8 cm³/mol. The maximum absolute atomic E-state index is 12.1. The van der Waals surface area contributed by atoms with Crippen molar-refractivity contribution < 1.29 is 9.53 Å². The third kappa shape index (κ3) is 5.22. The van der Waals surface area contributed by atoms with Crippen LogP contribution in [0.25, 0.3) is 0 Å². The molecule has 2 aromatic rings. The molecule has 2 aromatic carbocycles. The van der Waals surface area contributed by atoms with Gasteiger partial charge in [0.05, 0.1) is 0 Å². The number of rotatable bonds is 6. The van der Waals surface area contributed by atoms with Gasteiger partial charge in [0.1, 0.15) is 12.4 Å². The van der Waals surface area contributed by atoms with E-state index in [-0.39, 0.29) is 5.91 Å². The molecule has 1 amide bonds. The fraction of sp³-hybridized carbons (Fsp3) is 0.278. The number of ether oxygens (including phenoxy) is 1. The van der Waals surface area contributed by atoms with Crippen molar-refractivity contribution in [2.75, 3.05) is 6.54 Å². The monoisotopic (exact) mass is 298 g/mol. The zero-order valence-corrected chi connectivity index (χ0v) is 13.0. The fourth-order valence-electron chi connectivity index (χ4n) is 1.88. The first-order chi connectivity index (χ1) is 10.4. The first kappa shape index (κ1) is 16.0. The van der Waals surface area contributed by atoms with Crippen LogP contribution < -0.4 is 15.8 Å². The van der Waals surface area contributed by atoms with Gasteiger partial charge in [-0.25, -0.2) is 0 Å². The van der Waals surface area contributed by atoms with Crippen LogP contribution in [-0.4, -0.2) is 18.0 Å². The van der Waals surface area contributed by atoms with Gasteiger partial charge in [-0.3, -0.25) is 4.79 Å². The molecule has 0 saturated heterocycles. The second-order valence-corrected chi connectivity index (χ2v) is 5.97. The highest BCUT2D eigenvalue weighted by Gasteiger charge is 2.13. The van der Waals surface area contributed by atoms with Crippen molar-refractivity contribution in [3.63, 3.8) is 0 Å². The van der Waals surface area contributed by atoms with Crippen molar-refractivity contribution in [3.05, 3.63) is 65.7 Å². The molecular formula is C18H22N2O2. The summed E-state index contributed by atoms with van der Waals surface area (Å²) in [6.45, 7) is 4.63. The Hall–Kier alpha value is -2.33. The quantitative estimate of drug-likeness (QED) is 0.862. The highest BCUT2D eigenvalue weighted by molar-refractivity contribution is 5.94. The summed E-state index contributed by atoms with van der Waals surface area (Å²) in [6, 6.07) is 17.0. The summed E-state index contributed by atoms with van der Waals surface area (Å²) >= 11 is 0. The summed E-state index contributed by atoms with van der Waals surface area (Å²) < 4.78 is 5.72. The molecule has 0 radical (unpaired) electrons. The van der Waals surface area contributed by atoms with Gasteiger partial charge in [0, 0.05) is 17.6 Å². The highest BCUT2D eigenvalue weighted by atomic mass is 16.5. The first-order valence-electron chi connectivity index (χ1n) is 7.28. The van der Waals surface area contributed by atoms with Crippen LogP contribution in [0.2, 0.25) is 0 Å². The van der Waals surface area contributed by atoms with E-state index in [1.54, 1.807) is 12.1 Å². The van der Waals surface area contributed by atoms with Gasteiger partial charge in [-0.2, -0.15) is 0 Å². The molecule has 116 valence electrons. The highest BCUT2D eigenvalue weighted by Crippen LogP contribution is 2.15. The van der Waals surface area contributed by atoms with E-state index in [9.17, 15) is 4.79 Å². The van der Waals surface area contributed by atoms with Crippen LogP contribution >= 0.6 is 0 Å². The van der Waals surface area contributed by atoms with Crippen LogP contribution in [0, 0.1) is 0 Å². The molecule has 0 spiro atoms. The molecule has 0 bridgehead atoms. The van der Waals surface area contributed by atoms with E-state index >= 15 is 0 Å². The minimum Gasteiger partial charge on any atom is -0.489 e. The van der Waals surface area contributed by atoms with Gasteiger partial charge in [-0.05, 0) is 37.6 Å². The summed E-state index contributed by atoms with van der Waals surface area (Å²) in [5, 5.41) is 2.82. The number of amides is 1. The van der Waals surface area contributed by atoms with Gasteiger partial charge in [-0.1, -0.05) is 36.4 Å². The number of carbonyl (C=O) groups excluding carboxylic acids is 1. The lowest BCUT2D eigenvalue weighted by Crippen LogP contribution is -2.45. The van der Waals surface area contributed by atoms with Crippen LogP contribution in [0.5, 0.6) is 5.75 Å². The molecule has 3 N–H and O–H groups in total. The topological polar surface area (TPSA) is 64.3 Å². The van der Waals surface area contributed by atoms with E-state index < -0.39 is 5.54 Å². The van der Waals surface area contributed by atoms with E-state index in [2.05, 4.69) is 5.32 Å². The van der Waals surface area contributed by atoms with E-state index in [0.29, 0.717) is 24.5 Å². The lowest BCUT2D eigenvalue weighted by molar-refractivity contribution is 0.0945. The average molecular weight is 298 g/mol. The molecule has 0 aliphatic rings. The Labute approximate surface area is 131 Å². The SMILES string of the molecule is CC(C)(N)CNC(=O)c1cccc(OCc2ccccc2)c1. The molecule has 0 unspecified atom stereocenters. The molecule has 0 aliphatic carbocycles. The lowest BCUT2D eigenvalue weighted by Gasteiger charge is -2.19. The molecule has 0 fully saturated rings. The molecule has 0 atom stereocenters. The zero-order valence-electron chi connectivity index (χ0n) is 13.0. The molecular weight excluding hydrogens is 276 g/mol. The molecule has 4 heteroatoms. The largest absolute Gasteiger partial charge is 0.489 e. The smallest absolute Gasteiger partial charge is 0.251 e. The van der Waals surface area contributed by atoms with Gasteiger partial charge >= 0.3 is 0 Å². The van der Waals surface area contributed by atoms with E-state index in [4.69, 9.17) is 10.5 Å². The summed E-state index contributed by atoms with van der Waals surface area (Å²) in [5.74, 6) is 0.521. The Balaban J connectivity index is 1.96. The van der Waals surface area contributed by atoms with Crippen molar-refractivity contribution in [1.29, 1.82) is 0 Å². The lowest BCUT2D eigenvalue weighted by atomic mass is 10.1. The predicted octanol–water partition coefficient (Wildman–Crippen LogP) is 2.73. The van der Waals surface area contributed by atoms with Crippen LogP contribution in [-0.2, 0) is 6.61 Å². The molecule has 0 aliphatic heterocycles. The zero-order chi connectivity index (χ0) is 16.0. The molecule has 0 aromatic heterocycles. The van der Waals surface area contributed by atoms with Crippen molar-refractivity contribution in [3.8, 4) is 5.75 Å². The standard InChI is InChI=1S/C18H22N2O2/c1-18(2,19)13-20-17(21)15-9-6-10-16(11-15)22-12-14-7-4-3-5-8-14/h3-11H,12-13,19H2,1-2H3,(H,20,21). The number of carbonyl (C=O) groups is 1. The Kier molecular flexibility index (Phi) is 5.17. The van der Waals surface area contributed by atoms with Crippen molar-refractivity contribution >= 4 is 5.91 Å². The number of hydrogen-bond donors (Lipinski definition) is 2. The maximum atomic E-state index is 12.1. The van der Waals surface area contributed by atoms with Crippen LogP contribution in [0.1, 0.15) is 29.8 Å². The first-order valence-corrected chi connectivity index (χ1v) is 7.28. The summed E-state index contributed by atoms with van der Waals surface area (Å²) in [4.78, 5) is 12.1. The Morgan fingerprint density at radius 3 is 2.55 bits per heavy atom. The van der Waals surface area contributed by atoms with E-state index in [1.165, 1.54) is 0 Å². The van der Waals surface area contributed by atoms with Crippen LogP contribution in [0.15, 0.2) is 54.6 Å². The number of benzene rings is 2. The second-order valence-electron chi connectivity index (χ2n) is 5.97. The number of nitrogens with two attached hydrogens (primary N) is 1. The third-order valence-electron chi connectivity index (χ3n) is 3.05. The van der Waals surface area contributed by atoms with Gasteiger partial charge < -0.3 is 15.8 Å². The summed E-state index contributed by atoms with van der Waals surface area (Å²) in [7, 11) is 0. The van der Waals surface area contributed by atoms with Crippen LogP contribution in [0.4, 0.5) is 0 Å². The Morgan fingerprint density at radius 2 is 1.86 bits per heavy atom. The fourth-order valence-corrected chi connectivity index (χ4v) is 1.88. The molecule has 0 saturated carbocycles. The van der Waals surface area contributed by atoms with Crippen molar-refractivity contribution in [2.45, 2.75) is 26.0 Å². The molecule has 2 rings (SSSR count). The van der Waals surface area contributed by atoms with Gasteiger partial charge in [-0.15, -0.1) is 0 Å². The minimum absolute atomic E-state index is 0.149. The Bertz CT molecular complexity index is 618. The minimum atomic E-state index is -0.433. The van der Waals surface area contributed by atoms with Crippen LogP contribution in [0.3, 0.4) is 0 Å². The van der Waals surface area contributed by atoms with E-state index in [0.717, 1.165) is 5.56 Å². The maximum Gasteiger partial charge on any atom is 0.251 e. The molecule has 22 heavy (non-hydrogen) atoms. The number of nitrogens with one attached hydrogen (secondary N) is 1. The number of hydrogen-bond acceptors (Lipinski definition) is 3. The molecule has 0 heterocycles. The van der Waals surface area contributed by atoms with Crippen molar-refractivity contribution in [1.82, 2.24) is 5.32 Å². The molecule has 4 nitrogen and oxygen atoms in total. The van der Waals surface area contributed by atoms with Gasteiger partial charge in [0.2, 0.25) is 0 Å². The van der Waals surface area contributed by atoms with Crippen molar-refractivity contribution in [2.24, 2.45) is 5.73 Å². The third-order valence-corrected chi connectivity index (χ3v) is 3.05. The second kappa shape index (κ2) is 7.09. The average Bonchev–Trinajstić information content (AvgIpc) is 2.51. The summed E-state index contributed by atoms with van der Waals surface area (Å²) in [6.07, 6.45) is 0. The van der Waals surface area contributed by atoms with Gasteiger partial charge in [0.15, 0.2) is 0 Å². The van der Waals surface area contributed by atoms with Gasteiger partial charge in [0.25, 0.3) is 5.91 Å². The normalized spacial score (nSPS) is 11.0. The van der Waals surface area contributed by atoms with E-state index in [1.807, 2.05) is 56.3 Å².